The molecule has 1 spiro atoms. The molecule has 1 unspecified atom stereocenters. The van der Waals surface area contributed by atoms with Gasteiger partial charge >= 0.3 is 0 Å². The molecule has 4 aliphatic heterocycles. The molecule has 7 atom stereocenters. The number of benzene rings is 2. The average Bonchev–Trinajstić information content (AvgIpc) is 3.36. The van der Waals surface area contributed by atoms with Crippen LogP contribution in [-0.4, -0.2) is 77.3 Å². The Morgan fingerprint density at radius 3 is 2.28 bits per heavy atom. The first-order valence-electron chi connectivity index (χ1n) is 17.0. The molecule has 0 aliphatic carbocycles. The molecule has 2 saturated heterocycles. The number of rotatable bonds is 9. The van der Waals surface area contributed by atoms with Crippen LogP contribution in [0.25, 0.3) is 0 Å². The molecule has 4 heterocycles. The van der Waals surface area contributed by atoms with Crippen LogP contribution in [0.3, 0.4) is 0 Å². The van der Waals surface area contributed by atoms with Crippen molar-refractivity contribution in [2.75, 3.05) is 36.1 Å². The lowest BCUT2D eigenvalue weighted by atomic mass is 9.73. The van der Waals surface area contributed by atoms with Crippen LogP contribution in [0.2, 0.25) is 0 Å². The molecule has 2 aromatic rings. The van der Waals surface area contributed by atoms with Crippen molar-refractivity contribution < 1.29 is 29.0 Å². The van der Waals surface area contributed by atoms with E-state index in [9.17, 15) is 9.90 Å². The Morgan fingerprint density at radius 1 is 0.915 bits per heavy atom. The lowest BCUT2D eigenvalue weighted by molar-refractivity contribution is -0.150. The minimum Gasteiger partial charge on any atom is -0.494 e. The SMILES string of the molecule is CCOc1ccc(N2CC=C[C@@]3(CC)O[C@]45C=CCN(c6cc(C)ccc6C)C(=O)C4N([C@@H](CO)[C@@H](C)CC)C(=O)[C@@H]5[C@H]3C2=O)cc1. The van der Waals surface area contributed by atoms with Crippen molar-refractivity contribution in [3.05, 3.63) is 77.9 Å². The summed E-state index contributed by atoms with van der Waals surface area (Å²) in [5.41, 5.74) is 0.896. The number of fused-ring (bicyclic) bond motifs is 2. The second-order valence-electron chi connectivity index (χ2n) is 13.4. The summed E-state index contributed by atoms with van der Waals surface area (Å²) < 4.78 is 12.8. The average molecular weight is 642 g/mol. The van der Waals surface area contributed by atoms with Gasteiger partial charge in [0.05, 0.1) is 36.7 Å². The quantitative estimate of drug-likeness (QED) is 0.388. The van der Waals surface area contributed by atoms with Crippen molar-refractivity contribution in [1.29, 1.82) is 0 Å². The van der Waals surface area contributed by atoms with Crippen LogP contribution in [0.4, 0.5) is 11.4 Å². The molecule has 4 aliphatic rings. The van der Waals surface area contributed by atoms with Crippen molar-refractivity contribution in [2.24, 2.45) is 17.8 Å². The van der Waals surface area contributed by atoms with Gasteiger partial charge in [0.2, 0.25) is 11.8 Å². The van der Waals surface area contributed by atoms with Crippen LogP contribution in [0.5, 0.6) is 5.75 Å². The Kier molecular flexibility index (Phi) is 8.82. The summed E-state index contributed by atoms with van der Waals surface area (Å²) in [6, 6.07) is 11.7. The molecule has 2 fully saturated rings. The number of aliphatic hydroxyl groups is 1. The zero-order valence-corrected chi connectivity index (χ0v) is 28.3. The number of nitrogens with zero attached hydrogens (tertiary/aromatic N) is 3. The number of hydrogen-bond donors (Lipinski definition) is 1. The predicted octanol–water partition coefficient (Wildman–Crippen LogP) is 4.98. The number of hydrogen-bond acceptors (Lipinski definition) is 6. The molecule has 0 radical (unpaired) electrons. The van der Waals surface area contributed by atoms with Crippen LogP contribution in [0.15, 0.2) is 66.8 Å². The third-order valence-corrected chi connectivity index (χ3v) is 10.8. The number of aryl methyl sites for hydroxylation is 2. The number of anilines is 2. The van der Waals surface area contributed by atoms with Gasteiger partial charge in [0.1, 0.15) is 17.4 Å². The number of aliphatic hydroxyl groups excluding tert-OH is 1. The molecule has 0 aromatic heterocycles. The Morgan fingerprint density at radius 2 is 1.62 bits per heavy atom. The van der Waals surface area contributed by atoms with E-state index < -0.39 is 35.1 Å². The molecule has 250 valence electrons. The van der Waals surface area contributed by atoms with Gasteiger partial charge in [0.25, 0.3) is 5.91 Å². The monoisotopic (exact) mass is 641 g/mol. The molecule has 0 bridgehead atoms. The lowest BCUT2D eigenvalue weighted by Gasteiger charge is -2.42. The van der Waals surface area contributed by atoms with Crippen LogP contribution in [0, 0.1) is 31.6 Å². The number of amides is 3. The first-order chi connectivity index (χ1) is 22.6. The van der Waals surface area contributed by atoms with Crippen LogP contribution in [-0.2, 0) is 19.1 Å². The molecule has 1 N–H and O–H groups in total. The summed E-state index contributed by atoms with van der Waals surface area (Å²) in [6.45, 7) is 12.7. The zero-order chi connectivity index (χ0) is 33.7. The summed E-state index contributed by atoms with van der Waals surface area (Å²) >= 11 is 0. The molecule has 9 heteroatoms. The molecular weight excluding hydrogens is 594 g/mol. The van der Waals surface area contributed by atoms with E-state index >= 15 is 9.59 Å². The molecule has 2 aromatic carbocycles. The summed E-state index contributed by atoms with van der Waals surface area (Å²) in [5, 5.41) is 10.8. The van der Waals surface area contributed by atoms with Gasteiger partial charge in [-0.05, 0) is 74.6 Å². The third kappa shape index (κ3) is 5.10. The molecule has 6 rings (SSSR count). The van der Waals surface area contributed by atoms with Gasteiger partial charge in [-0.2, -0.15) is 0 Å². The zero-order valence-electron chi connectivity index (χ0n) is 28.3. The molecule has 3 amide bonds. The Hall–Kier alpha value is -3.95. The van der Waals surface area contributed by atoms with Crippen molar-refractivity contribution in [3.63, 3.8) is 0 Å². The van der Waals surface area contributed by atoms with Crippen molar-refractivity contribution in [2.45, 2.75) is 77.7 Å². The molecule has 9 nitrogen and oxygen atoms in total. The van der Waals surface area contributed by atoms with E-state index in [0.717, 1.165) is 16.8 Å². The highest BCUT2D eigenvalue weighted by molar-refractivity contribution is 6.08. The maximum atomic E-state index is 15.0. The normalized spacial score (nSPS) is 29.7. The number of likely N-dealkylation sites (tertiary alicyclic amines) is 1. The number of ether oxygens (including phenoxy) is 2. The second-order valence-corrected chi connectivity index (χ2v) is 13.4. The number of carbonyl (C=O) groups excluding carboxylic acids is 3. The van der Waals surface area contributed by atoms with E-state index in [2.05, 4.69) is 0 Å². The van der Waals surface area contributed by atoms with Crippen molar-refractivity contribution >= 4 is 29.1 Å². The number of carbonyl (C=O) groups is 3. The Balaban J connectivity index is 1.51. The fraction of sp³-hybridized carbons (Fsp3) is 0.500. The summed E-state index contributed by atoms with van der Waals surface area (Å²) in [5.74, 6) is -2.08. The van der Waals surface area contributed by atoms with E-state index in [4.69, 9.17) is 9.47 Å². The van der Waals surface area contributed by atoms with Gasteiger partial charge in [-0.1, -0.05) is 63.6 Å². The summed E-state index contributed by atoms with van der Waals surface area (Å²) in [7, 11) is 0. The minimum atomic E-state index is -1.41. The lowest BCUT2D eigenvalue weighted by Crippen LogP contribution is -2.60. The van der Waals surface area contributed by atoms with Gasteiger partial charge in [-0.15, -0.1) is 0 Å². The van der Waals surface area contributed by atoms with E-state index in [1.807, 2.05) is 108 Å². The van der Waals surface area contributed by atoms with Gasteiger partial charge in [-0.3, -0.25) is 14.4 Å². The first kappa shape index (κ1) is 33.0. The largest absolute Gasteiger partial charge is 0.494 e. The predicted molar refractivity (Wildman–Crippen MR) is 181 cm³/mol. The minimum absolute atomic E-state index is 0.102. The Bertz CT molecular complexity index is 1600. The van der Waals surface area contributed by atoms with Crippen LogP contribution >= 0.6 is 0 Å². The maximum absolute atomic E-state index is 15.0. The van der Waals surface area contributed by atoms with E-state index in [-0.39, 0.29) is 30.2 Å². The first-order valence-corrected chi connectivity index (χ1v) is 17.0. The third-order valence-electron chi connectivity index (χ3n) is 10.8. The van der Waals surface area contributed by atoms with Crippen molar-refractivity contribution in [1.82, 2.24) is 4.90 Å². The van der Waals surface area contributed by atoms with Gasteiger partial charge in [0.15, 0.2) is 0 Å². The highest BCUT2D eigenvalue weighted by Crippen LogP contribution is 2.59. The van der Waals surface area contributed by atoms with E-state index in [1.165, 1.54) is 0 Å². The van der Waals surface area contributed by atoms with Gasteiger partial charge in [-0.25, -0.2) is 0 Å². The summed E-state index contributed by atoms with van der Waals surface area (Å²) in [4.78, 5) is 50.0. The van der Waals surface area contributed by atoms with E-state index in [1.54, 1.807) is 14.7 Å². The smallest absolute Gasteiger partial charge is 0.253 e. The molecule has 0 saturated carbocycles. The van der Waals surface area contributed by atoms with Crippen molar-refractivity contribution in [3.8, 4) is 5.75 Å². The van der Waals surface area contributed by atoms with Gasteiger partial charge < -0.3 is 29.3 Å². The van der Waals surface area contributed by atoms with Crippen LogP contribution in [0.1, 0.15) is 51.7 Å². The maximum Gasteiger partial charge on any atom is 0.253 e. The van der Waals surface area contributed by atoms with Gasteiger partial charge in [0, 0.05) is 24.5 Å². The standard InChI is InChI=1S/C38H47N3O6/c1-7-25(5)30(23-42)41-33-36(45)40(29-22-24(4)12-13-26(29)6)21-11-19-38(33)32(35(41)44)31-34(43)39(20-10-18-37(31,8-2)47-38)27-14-16-28(17-15-27)46-9-3/h10-19,22,25,30-33,42H,7-9,20-21,23H2,1-6H3/t25-,30-,31-,32-,33?,37+,38-/m0/s1. The topological polar surface area (TPSA) is 99.6 Å². The Labute approximate surface area is 277 Å². The van der Waals surface area contributed by atoms with E-state index in [0.29, 0.717) is 44.0 Å². The fourth-order valence-electron chi connectivity index (χ4n) is 8.22. The second kappa shape index (κ2) is 12.6. The highest BCUT2D eigenvalue weighted by Gasteiger charge is 2.76. The molecular formula is C38H47N3O6. The highest BCUT2D eigenvalue weighted by atomic mass is 16.5. The summed E-state index contributed by atoms with van der Waals surface area (Å²) in [6.07, 6.45) is 8.80. The van der Waals surface area contributed by atoms with Crippen LogP contribution < -0.4 is 14.5 Å². The fourth-order valence-corrected chi connectivity index (χ4v) is 8.22. The molecule has 47 heavy (non-hydrogen) atoms.